The molecule has 4 nitrogen and oxygen atoms in total. The quantitative estimate of drug-likeness (QED) is 0.622. The Morgan fingerprint density at radius 1 is 1.54 bits per heavy atom. The Balaban J connectivity index is 3.10. The van der Waals surface area contributed by atoms with Gasteiger partial charge in [-0.15, -0.1) is 0 Å². The average molecular weight is 183 g/mol. The molecule has 0 aliphatic heterocycles. The highest BCUT2D eigenvalue weighted by Crippen LogP contribution is 2.25. The summed E-state index contributed by atoms with van der Waals surface area (Å²) in [6.45, 7) is 5.83. The Kier molecular flexibility index (Phi) is 2.40. The number of ether oxygens (including phenoxy) is 1. The summed E-state index contributed by atoms with van der Waals surface area (Å²) in [4.78, 5) is 11.2. The lowest BCUT2D eigenvalue weighted by Gasteiger charge is -2.14. The average Bonchev–Trinajstić information content (AvgIpc) is 2.49. The van der Waals surface area contributed by atoms with Crippen molar-refractivity contribution in [3.8, 4) is 0 Å². The second-order valence-corrected chi connectivity index (χ2v) is 3.81. The predicted molar refractivity (Wildman–Crippen MR) is 46.5 cm³/mol. The van der Waals surface area contributed by atoms with Gasteiger partial charge < -0.3 is 9.26 Å². The number of esters is 1. The van der Waals surface area contributed by atoms with Crippen LogP contribution >= 0.6 is 0 Å². The molecule has 0 saturated carbocycles. The van der Waals surface area contributed by atoms with Gasteiger partial charge in [0.25, 0.3) is 0 Å². The second-order valence-electron chi connectivity index (χ2n) is 3.81. The van der Waals surface area contributed by atoms with Crippen molar-refractivity contribution in [2.45, 2.75) is 26.2 Å². The molecule has 0 atom stereocenters. The lowest BCUT2D eigenvalue weighted by Crippen LogP contribution is -2.15. The minimum absolute atomic E-state index is 0.236. The first-order chi connectivity index (χ1) is 5.96. The molecule has 0 N–H and O–H groups in total. The smallest absolute Gasteiger partial charge is 0.343 e. The van der Waals surface area contributed by atoms with Crippen molar-refractivity contribution in [1.29, 1.82) is 0 Å². The third-order valence-corrected chi connectivity index (χ3v) is 1.66. The first-order valence-corrected chi connectivity index (χ1v) is 4.00. The van der Waals surface area contributed by atoms with Crippen LogP contribution in [0.1, 0.15) is 36.9 Å². The monoisotopic (exact) mass is 183 g/mol. The van der Waals surface area contributed by atoms with E-state index in [1.54, 1.807) is 0 Å². The van der Waals surface area contributed by atoms with E-state index >= 15 is 0 Å². The standard InChI is InChI=1S/C9H13NO3/c1-9(2,3)7-6(5-10-13-7)8(11)12-4/h5H,1-4H3. The molecule has 0 spiro atoms. The lowest BCUT2D eigenvalue weighted by atomic mass is 9.91. The van der Waals surface area contributed by atoms with Gasteiger partial charge in [-0.2, -0.15) is 0 Å². The third-order valence-electron chi connectivity index (χ3n) is 1.66. The molecule has 0 radical (unpaired) electrons. The summed E-state index contributed by atoms with van der Waals surface area (Å²) >= 11 is 0. The molecular weight excluding hydrogens is 170 g/mol. The maximum Gasteiger partial charge on any atom is 0.343 e. The maximum absolute atomic E-state index is 11.2. The molecule has 1 aromatic heterocycles. The fraction of sp³-hybridized carbons (Fsp3) is 0.556. The van der Waals surface area contributed by atoms with Crippen molar-refractivity contribution in [2.75, 3.05) is 7.11 Å². The number of nitrogens with zero attached hydrogens (tertiary/aromatic N) is 1. The van der Waals surface area contributed by atoms with E-state index < -0.39 is 5.97 Å². The van der Waals surface area contributed by atoms with Crippen LogP contribution in [0.15, 0.2) is 10.7 Å². The Hall–Kier alpha value is -1.32. The minimum atomic E-state index is -0.411. The van der Waals surface area contributed by atoms with Crippen LogP contribution in [0, 0.1) is 0 Å². The molecule has 1 aromatic rings. The number of hydrogen-bond acceptors (Lipinski definition) is 4. The molecule has 0 aliphatic carbocycles. The van der Waals surface area contributed by atoms with E-state index in [4.69, 9.17) is 4.52 Å². The number of hydrogen-bond donors (Lipinski definition) is 0. The summed E-state index contributed by atoms with van der Waals surface area (Å²) in [5.41, 5.74) is 0.162. The topological polar surface area (TPSA) is 52.3 Å². The summed E-state index contributed by atoms with van der Waals surface area (Å²) in [5.74, 6) is 0.144. The van der Waals surface area contributed by atoms with E-state index in [-0.39, 0.29) is 5.41 Å². The van der Waals surface area contributed by atoms with Crippen molar-refractivity contribution in [3.05, 3.63) is 17.5 Å². The highest BCUT2D eigenvalue weighted by molar-refractivity contribution is 5.90. The zero-order valence-electron chi connectivity index (χ0n) is 8.25. The van der Waals surface area contributed by atoms with E-state index in [9.17, 15) is 4.79 Å². The Labute approximate surface area is 76.9 Å². The first-order valence-electron chi connectivity index (χ1n) is 4.00. The molecule has 1 rings (SSSR count). The summed E-state index contributed by atoms with van der Waals surface area (Å²) in [6.07, 6.45) is 1.38. The molecule has 0 bridgehead atoms. The van der Waals surface area contributed by atoms with Crippen LogP contribution in [-0.4, -0.2) is 18.2 Å². The molecule has 0 aromatic carbocycles. The molecule has 1 heterocycles. The summed E-state index contributed by atoms with van der Waals surface area (Å²) < 4.78 is 9.59. The van der Waals surface area contributed by atoms with Crippen molar-refractivity contribution in [3.63, 3.8) is 0 Å². The number of carbonyl (C=O) groups is 1. The number of methoxy groups -OCH3 is 1. The van der Waals surface area contributed by atoms with Crippen molar-refractivity contribution in [2.24, 2.45) is 0 Å². The molecule has 72 valence electrons. The fourth-order valence-electron chi connectivity index (χ4n) is 1.04. The number of carbonyl (C=O) groups excluding carboxylic acids is 1. The summed E-state index contributed by atoms with van der Waals surface area (Å²) in [6, 6.07) is 0. The second kappa shape index (κ2) is 3.20. The number of rotatable bonds is 1. The van der Waals surface area contributed by atoms with Gasteiger partial charge >= 0.3 is 5.97 Å². The highest BCUT2D eigenvalue weighted by atomic mass is 16.5. The maximum atomic E-state index is 11.2. The van der Waals surface area contributed by atoms with Gasteiger partial charge in [0, 0.05) is 5.41 Å². The zero-order valence-corrected chi connectivity index (χ0v) is 8.25. The normalized spacial score (nSPS) is 11.4. The molecule has 13 heavy (non-hydrogen) atoms. The Morgan fingerprint density at radius 2 is 2.15 bits per heavy atom. The van der Waals surface area contributed by atoms with E-state index in [1.165, 1.54) is 13.3 Å². The molecule has 0 saturated heterocycles. The molecule has 4 heteroatoms. The molecule has 0 amide bonds. The lowest BCUT2D eigenvalue weighted by molar-refractivity contribution is 0.0596. The van der Waals surface area contributed by atoms with Gasteiger partial charge in [-0.25, -0.2) is 4.79 Å². The van der Waals surface area contributed by atoms with Gasteiger partial charge in [-0.3, -0.25) is 0 Å². The third kappa shape index (κ3) is 1.88. The minimum Gasteiger partial charge on any atom is -0.465 e. The van der Waals surface area contributed by atoms with Crippen molar-refractivity contribution < 1.29 is 14.1 Å². The van der Waals surface area contributed by atoms with E-state index in [1.807, 2.05) is 20.8 Å². The van der Waals surface area contributed by atoms with E-state index in [0.29, 0.717) is 11.3 Å². The summed E-state index contributed by atoms with van der Waals surface area (Å²) in [7, 11) is 1.34. The largest absolute Gasteiger partial charge is 0.465 e. The van der Waals surface area contributed by atoms with Crippen LogP contribution < -0.4 is 0 Å². The predicted octanol–water partition coefficient (Wildman–Crippen LogP) is 1.76. The van der Waals surface area contributed by atoms with Gasteiger partial charge in [0.1, 0.15) is 5.56 Å². The van der Waals surface area contributed by atoms with Crippen molar-refractivity contribution >= 4 is 5.97 Å². The SMILES string of the molecule is COC(=O)c1cnoc1C(C)(C)C. The van der Waals surface area contributed by atoms with Crippen LogP contribution in [0.2, 0.25) is 0 Å². The Morgan fingerprint density at radius 3 is 2.62 bits per heavy atom. The van der Waals surface area contributed by atoms with Gasteiger partial charge in [0.15, 0.2) is 5.76 Å². The van der Waals surface area contributed by atoms with Crippen LogP contribution in [0.25, 0.3) is 0 Å². The van der Waals surface area contributed by atoms with Gasteiger partial charge in [-0.05, 0) is 0 Å². The van der Waals surface area contributed by atoms with Crippen LogP contribution in [-0.2, 0) is 10.2 Å². The molecule has 0 unspecified atom stereocenters. The molecular formula is C9H13NO3. The van der Waals surface area contributed by atoms with Crippen LogP contribution in [0.3, 0.4) is 0 Å². The van der Waals surface area contributed by atoms with Crippen LogP contribution in [0.4, 0.5) is 0 Å². The zero-order chi connectivity index (χ0) is 10.1. The van der Waals surface area contributed by atoms with Gasteiger partial charge in [-0.1, -0.05) is 25.9 Å². The first kappa shape index (κ1) is 9.77. The number of aromatic nitrogens is 1. The summed E-state index contributed by atoms with van der Waals surface area (Å²) in [5, 5.41) is 3.58. The Bertz CT molecular complexity index is 309. The van der Waals surface area contributed by atoms with Gasteiger partial charge in [0.05, 0.1) is 13.3 Å². The van der Waals surface area contributed by atoms with E-state index in [0.717, 1.165) is 0 Å². The van der Waals surface area contributed by atoms with Gasteiger partial charge in [0.2, 0.25) is 0 Å². The fourth-order valence-corrected chi connectivity index (χ4v) is 1.04. The molecule has 0 aliphatic rings. The van der Waals surface area contributed by atoms with Crippen molar-refractivity contribution in [1.82, 2.24) is 5.16 Å². The van der Waals surface area contributed by atoms with E-state index in [2.05, 4.69) is 9.89 Å². The molecule has 0 fully saturated rings. The van der Waals surface area contributed by atoms with Crippen LogP contribution in [0.5, 0.6) is 0 Å². The highest BCUT2D eigenvalue weighted by Gasteiger charge is 2.27.